The molecule has 1 atom stereocenters. The van der Waals surface area contributed by atoms with Gasteiger partial charge < -0.3 is 24.8 Å². The summed E-state index contributed by atoms with van der Waals surface area (Å²) in [6, 6.07) is 11.3. The maximum Gasteiger partial charge on any atom is 0.333 e. The average molecular weight is 485 g/mol. The van der Waals surface area contributed by atoms with Crippen LogP contribution in [0.3, 0.4) is 0 Å². The summed E-state index contributed by atoms with van der Waals surface area (Å²) in [5.74, 6) is 0.183. The van der Waals surface area contributed by atoms with E-state index in [-0.39, 0.29) is 6.03 Å². The van der Waals surface area contributed by atoms with E-state index in [1.807, 2.05) is 44.2 Å². The number of hydrogen-bond acceptors (Lipinski definition) is 4. The van der Waals surface area contributed by atoms with Gasteiger partial charge in [0, 0.05) is 25.3 Å². The van der Waals surface area contributed by atoms with Crippen LogP contribution in [0.2, 0.25) is 0 Å². The Morgan fingerprint density at radius 2 is 1.66 bits per heavy atom. The van der Waals surface area contributed by atoms with Crippen LogP contribution >= 0.6 is 0 Å². The van der Waals surface area contributed by atoms with Crippen LogP contribution in [0.4, 0.5) is 10.5 Å². The first-order valence-electron chi connectivity index (χ1n) is 12.3. The number of hydrogen-bond donors (Lipinski definition) is 2. The van der Waals surface area contributed by atoms with Crippen LogP contribution in [0, 0.1) is 26.7 Å². The summed E-state index contributed by atoms with van der Waals surface area (Å²) < 4.78 is 11.2. The number of nitrogens with zero attached hydrogens (tertiary/aromatic N) is 1. The predicted molar refractivity (Wildman–Crippen MR) is 139 cm³/mol. The Morgan fingerprint density at radius 3 is 2.26 bits per heavy atom. The van der Waals surface area contributed by atoms with Gasteiger partial charge in [0.1, 0.15) is 12.4 Å². The second-order valence-electron chi connectivity index (χ2n) is 9.33. The molecular formula is C28H40N2O5. The van der Waals surface area contributed by atoms with Crippen LogP contribution in [0.1, 0.15) is 49.4 Å². The fourth-order valence-corrected chi connectivity index (χ4v) is 3.65. The molecule has 0 aliphatic rings. The molecule has 7 nitrogen and oxygen atoms in total. The third-order valence-corrected chi connectivity index (χ3v) is 5.96. The fraction of sp³-hybridized carbons (Fsp3) is 0.500. The number of urea groups is 1. The second kappa shape index (κ2) is 13.7. The predicted octanol–water partition coefficient (Wildman–Crippen LogP) is 5.60. The highest BCUT2D eigenvalue weighted by Crippen LogP contribution is 2.21. The zero-order valence-electron chi connectivity index (χ0n) is 21.9. The standard InChI is InChI=1S/C28H40N2O5/c1-7-34-26(27(31)32)18-23-8-10-24(11-9-23)35-15-14-30(13-12-19(2)3)28(33)29-25-17-21(5)20(4)16-22(25)6/h8-11,16-17,19,26H,7,12-15,18H2,1-6H3,(H,29,33)(H,31,32). The Morgan fingerprint density at radius 1 is 1.00 bits per heavy atom. The molecule has 2 aromatic carbocycles. The summed E-state index contributed by atoms with van der Waals surface area (Å²) >= 11 is 0. The number of carboxylic acid groups (broad SMARTS) is 1. The highest BCUT2D eigenvalue weighted by molar-refractivity contribution is 5.90. The van der Waals surface area contributed by atoms with Crippen molar-refractivity contribution in [3.63, 3.8) is 0 Å². The first-order chi connectivity index (χ1) is 16.6. The van der Waals surface area contributed by atoms with E-state index < -0.39 is 12.1 Å². The minimum Gasteiger partial charge on any atom is -0.492 e. The van der Waals surface area contributed by atoms with Crippen molar-refractivity contribution in [2.75, 3.05) is 31.6 Å². The van der Waals surface area contributed by atoms with Crippen LogP contribution in [0.5, 0.6) is 5.75 Å². The molecule has 2 amide bonds. The summed E-state index contributed by atoms with van der Waals surface area (Å²) in [6.45, 7) is 14.0. The molecule has 7 heteroatoms. The number of rotatable bonds is 13. The van der Waals surface area contributed by atoms with Gasteiger partial charge in [-0.05, 0) is 80.5 Å². The number of carbonyl (C=O) groups is 2. The summed E-state index contributed by atoms with van der Waals surface area (Å²) in [4.78, 5) is 26.2. The van der Waals surface area contributed by atoms with Crippen LogP contribution in [0.25, 0.3) is 0 Å². The van der Waals surface area contributed by atoms with E-state index in [9.17, 15) is 14.7 Å². The van der Waals surface area contributed by atoms with E-state index in [4.69, 9.17) is 9.47 Å². The van der Waals surface area contributed by atoms with Crippen LogP contribution in [-0.2, 0) is 16.0 Å². The smallest absolute Gasteiger partial charge is 0.333 e. The number of anilines is 1. The van der Waals surface area contributed by atoms with E-state index >= 15 is 0 Å². The van der Waals surface area contributed by atoms with Gasteiger partial charge in [0.15, 0.2) is 6.10 Å². The Bertz CT molecular complexity index is 972. The molecule has 0 aliphatic heterocycles. The number of benzene rings is 2. The third-order valence-electron chi connectivity index (χ3n) is 5.96. The topological polar surface area (TPSA) is 88.1 Å². The van der Waals surface area contributed by atoms with Gasteiger partial charge in [0.05, 0.1) is 6.54 Å². The van der Waals surface area contributed by atoms with Crippen molar-refractivity contribution in [2.45, 2.75) is 60.5 Å². The first-order valence-corrected chi connectivity index (χ1v) is 12.3. The lowest BCUT2D eigenvalue weighted by Gasteiger charge is -2.25. The van der Waals surface area contributed by atoms with Crippen molar-refractivity contribution in [1.29, 1.82) is 0 Å². The lowest BCUT2D eigenvalue weighted by Crippen LogP contribution is -2.39. The molecule has 1 unspecified atom stereocenters. The largest absolute Gasteiger partial charge is 0.492 e. The molecular weight excluding hydrogens is 444 g/mol. The van der Waals surface area contributed by atoms with Gasteiger partial charge in [-0.3, -0.25) is 0 Å². The van der Waals surface area contributed by atoms with E-state index in [2.05, 4.69) is 32.2 Å². The van der Waals surface area contributed by atoms with Gasteiger partial charge in [-0.1, -0.05) is 32.0 Å². The quantitative estimate of drug-likeness (QED) is 0.386. The van der Waals surface area contributed by atoms with Crippen molar-refractivity contribution in [3.8, 4) is 5.75 Å². The fourth-order valence-electron chi connectivity index (χ4n) is 3.65. The lowest BCUT2D eigenvalue weighted by molar-refractivity contribution is -0.149. The summed E-state index contributed by atoms with van der Waals surface area (Å²) in [5.41, 5.74) is 5.07. The molecule has 2 N–H and O–H groups in total. The minimum atomic E-state index is -0.970. The molecule has 0 aromatic heterocycles. The Labute approximate surface area is 209 Å². The number of aliphatic carboxylic acids is 1. The van der Waals surface area contributed by atoms with Gasteiger partial charge >= 0.3 is 12.0 Å². The third kappa shape index (κ3) is 9.25. The first kappa shape index (κ1) is 28.2. The average Bonchev–Trinajstić information content (AvgIpc) is 2.80. The minimum absolute atomic E-state index is 0.133. The van der Waals surface area contributed by atoms with Crippen molar-refractivity contribution in [1.82, 2.24) is 4.90 Å². The number of ether oxygens (including phenoxy) is 2. The highest BCUT2D eigenvalue weighted by atomic mass is 16.5. The molecule has 0 heterocycles. The van der Waals surface area contributed by atoms with Gasteiger partial charge in [-0.15, -0.1) is 0 Å². The van der Waals surface area contributed by atoms with Crippen molar-refractivity contribution in [2.24, 2.45) is 5.92 Å². The molecule has 0 radical (unpaired) electrons. The van der Waals surface area contributed by atoms with Gasteiger partial charge in [-0.2, -0.15) is 0 Å². The maximum atomic E-state index is 13.1. The van der Waals surface area contributed by atoms with E-state index in [0.717, 1.165) is 28.8 Å². The molecule has 0 saturated carbocycles. The van der Waals surface area contributed by atoms with E-state index in [1.165, 1.54) is 5.56 Å². The normalized spacial score (nSPS) is 11.9. The molecule has 0 aliphatic carbocycles. The molecule has 0 saturated heterocycles. The second-order valence-corrected chi connectivity index (χ2v) is 9.33. The molecule has 2 rings (SSSR count). The van der Waals surface area contributed by atoms with Crippen molar-refractivity contribution >= 4 is 17.7 Å². The maximum absolute atomic E-state index is 13.1. The number of carbonyl (C=O) groups excluding carboxylic acids is 1. The number of aryl methyl sites for hydroxylation is 3. The zero-order chi connectivity index (χ0) is 26.0. The van der Waals surface area contributed by atoms with E-state index in [0.29, 0.717) is 44.4 Å². The Kier molecular flexibility index (Phi) is 11.1. The monoisotopic (exact) mass is 484 g/mol. The Balaban J connectivity index is 1.97. The molecule has 0 bridgehead atoms. The SMILES string of the molecule is CCOC(Cc1ccc(OCCN(CCC(C)C)C(=O)Nc2cc(C)c(C)cc2C)cc1)C(=O)O. The van der Waals surface area contributed by atoms with Crippen molar-refractivity contribution in [3.05, 3.63) is 58.7 Å². The van der Waals surface area contributed by atoms with Crippen LogP contribution in [0.15, 0.2) is 36.4 Å². The van der Waals surface area contributed by atoms with E-state index in [1.54, 1.807) is 11.8 Å². The Hall–Kier alpha value is -3.06. The lowest BCUT2D eigenvalue weighted by atomic mass is 10.1. The molecule has 0 fully saturated rings. The highest BCUT2D eigenvalue weighted by Gasteiger charge is 2.18. The summed E-state index contributed by atoms with van der Waals surface area (Å²) in [5, 5.41) is 12.3. The number of carboxylic acids is 1. The number of nitrogens with one attached hydrogen (secondary N) is 1. The summed E-state index contributed by atoms with van der Waals surface area (Å²) in [6.07, 6.45) is 0.337. The zero-order valence-corrected chi connectivity index (χ0v) is 21.9. The summed E-state index contributed by atoms with van der Waals surface area (Å²) in [7, 11) is 0. The molecule has 0 spiro atoms. The van der Waals surface area contributed by atoms with Gasteiger partial charge in [0.2, 0.25) is 0 Å². The van der Waals surface area contributed by atoms with Crippen LogP contribution < -0.4 is 10.1 Å². The van der Waals surface area contributed by atoms with Gasteiger partial charge in [-0.25, -0.2) is 9.59 Å². The van der Waals surface area contributed by atoms with Crippen LogP contribution in [-0.4, -0.2) is 54.4 Å². The molecule has 2 aromatic rings. The molecule has 192 valence electrons. The number of amides is 2. The van der Waals surface area contributed by atoms with Crippen molar-refractivity contribution < 1.29 is 24.2 Å². The molecule has 35 heavy (non-hydrogen) atoms. The van der Waals surface area contributed by atoms with Gasteiger partial charge in [0.25, 0.3) is 0 Å².